The molecule has 0 unspecified atom stereocenters. The fourth-order valence-corrected chi connectivity index (χ4v) is 3.27. The van der Waals surface area contributed by atoms with Crippen LogP contribution in [-0.2, 0) is 17.5 Å². The first-order chi connectivity index (χ1) is 14.9. The molecule has 0 radical (unpaired) electrons. The number of alkyl halides is 3. The fraction of sp³-hybridized carbons (Fsp3) is 0.174. The number of hydrogen-bond acceptors (Lipinski definition) is 4. The van der Waals surface area contributed by atoms with Gasteiger partial charge in [-0.05, 0) is 41.5 Å². The van der Waals surface area contributed by atoms with E-state index in [1.165, 1.54) is 12.1 Å². The van der Waals surface area contributed by atoms with Gasteiger partial charge in [-0.2, -0.15) is 13.2 Å². The Morgan fingerprint density at radius 1 is 0.935 bits per heavy atom. The van der Waals surface area contributed by atoms with Gasteiger partial charge in [0.1, 0.15) is 6.04 Å². The number of halogens is 3. The van der Waals surface area contributed by atoms with Gasteiger partial charge in [-0.3, -0.25) is 10.1 Å². The Hall–Kier alpha value is -3.52. The van der Waals surface area contributed by atoms with Gasteiger partial charge in [-0.15, -0.1) is 0 Å². The molecule has 0 fully saturated rings. The van der Waals surface area contributed by atoms with Crippen LogP contribution in [-0.4, -0.2) is 12.7 Å². The summed E-state index contributed by atoms with van der Waals surface area (Å²) in [5.41, 5.74) is 0.810. The molecule has 3 aromatic rings. The quantitative estimate of drug-likeness (QED) is 0.586. The van der Waals surface area contributed by atoms with E-state index in [9.17, 15) is 18.0 Å². The zero-order valence-corrected chi connectivity index (χ0v) is 16.3. The SMILES string of the molecule is O=C(Nc1cccc(C(F)(F)F)c1)[C@@H](NCc1ccc2c(c1)OCO2)c1ccccc1. The molecule has 8 heteroatoms. The standard InChI is InChI=1S/C23H19F3N2O3/c24-23(25,26)17-7-4-8-18(12-17)28-22(29)21(16-5-2-1-3-6-16)27-13-15-9-10-19-20(11-15)31-14-30-19/h1-12,21,27H,13-14H2,(H,28,29)/t21-/m0/s1. The van der Waals surface area contributed by atoms with Crippen LogP contribution < -0.4 is 20.1 Å². The van der Waals surface area contributed by atoms with Gasteiger partial charge in [0.05, 0.1) is 5.56 Å². The Kier molecular flexibility index (Phi) is 5.81. The second kappa shape index (κ2) is 8.69. The summed E-state index contributed by atoms with van der Waals surface area (Å²) in [6.07, 6.45) is -4.49. The lowest BCUT2D eigenvalue weighted by atomic mass is 10.0. The lowest BCUT2D eigenvalue weighted by Gasteiger charge is -2.19. The highest BCUT2D eigenvalue weighted by Crippen LogP contribution is 2.33. The molecule has 0 aliphatic carbocycles. The van der Waals surface area contributed by atoms with Crippen LogP contribution in [0.3, 0.4) is 0 Å². The summed E-state index contributed by atoms with van der Waals surface area (Å²) in [5, 5.41) is 5.76. The van der Waals surface area contributed by atoms with Gasteiger partial charge in [0, 0.05) is 12.2 Å². The van der Waals surface area contributed by atoms with Gasteiger partial charge in [0.15, 0.2) is 11.5 Å². The normalized spacial score (nSPS) is 13.6. The maximum absolute atomic E-state index is 13.0. The van der Waals surface area contributed by atoms with E-state index in [1.807, 2.05) is 18.2 Å². The molecule has 0 saturated carbocycles. The fourth-order valence-electron chi connectivity index (χ4n) is 3.27. The van der Waals surface area contributed by atoms with Crippen molar-refractivity contribution in [3.8, 4) is 11.5 Å². The molecule has 0 saturated heterocycles. The second-order valence-electron chi connectivity index (χ2n) is 6.98. The van der Waals surface area contributed by atoms with Crippen LogP contribution >= 0.6 is 0 Å². The molecule has 1 aliphatic heterocycles. The van der Waals surface area contributed by atoms with Crippen molar-refractivity contribution in [2.24, 2.45) is 0 Å². The molecule has 3 aromatic carbocycles. The number of carbonyl (C=O) groups excluding carboxylic acids is 1. The molecule has 1 amide bonds. The Morgan fingerprint density at radius 2 is 1.71 bits per heavy atom. The molecular formula is C23H19F3N2O3. The summed E-state index contributed by atoms with van der Waals surface area (Å²) < 4.78 is 49.6. The molecule has 1 heterocycles. The van der Waals surface area contributed by atoms with Crippen molar-refractivity contribution in [3.63, 3.8) is 0 Å². The summed E-state index contributed by atoms with van der Waals surface area (Å²) in [5.74, 6) is 0.820. The van der Waals surface area contributed by atoms with Crippen molar-refractivity contribution in [3.05, 3.63) is 89.5 Å². The minimum absolute atomic E-state index is 0.0747. The number of amides is 1. The predicted molar refractivity (Wildman–Crippen MR) is 109 cm³/mol. The van der Waals surface area contributed by atoms with Crippen LogP contribution in [0.25, 0.3) is 0 Å². The topological polar surface area (TPSA) is 59.6 Å². The molecule has 160 valence electrons. The average Bonchev–Trinajstić information content (AvgIpc) is 3.22. The van der Waals surface area contributed by atoms with E-state index in [1.54, 1.807) is 30.3 Å². The summed E-state index contributed by atoms with van der Waals surface area (Å²) in [4.78, 5) is 13.0. The van der Waals surface area contributed by atoms with E-state index in [-0.39, 0.29) is 12.5 Å². The van der Waals surface area contributed by atoms with E-state index >= 15 is 0 Å². The third-order valence-electron chi connectivity index (χ3n) is 4.80. The number of nitrogens with one attached hydrogen (secondary N) is 2. The van der Waals surface area contributed by atoms with E-state index in [4.69, 9.17) is 9.47 Å². The molecular weight excluding hydrogens is 409 g/mol. The van der Waals surface area contributed by atoms with Crippen LogP contribution in [0.2, 0.25) is 0 Å². The van der Waals surface area contributed by atoms with E-state index in [0.29, 0.717) is 23.6 Å². The van der Waals surface area contributed by atoms with Crippen LogP contribution in [0.15, 0.2) is 72.8 Å². The van der Waals surface area contributed by atoms with Crippen molar-refractivity contribution in [2.75, 3.05) is 12.1 Å². The van der Waals surface area contributed by atoms with Gasteiger partial charge in [-0.25, -0.2) is 0 Å². The zero-order valence-electron chi connectivity index (χ0n) is 16.3. The first kappa shape index (κ1) is 20.7. The van der Waals surface area contributed by atoms with Crippen molar-refractivity contribution >= 4 is 11.6 Å². The van der Waals surface area contributed by atoms with Crippen LogP contribution in [0.4, 0.5) is 18.9 Å². The van der Waals surface area contributed by atoms with Crippen LogP contribution in [0.5, 0.6) is 11.5 Å². The maximum atomic E-state index is 13.0. The number of anilines is 1. The zero-order chi connectivity index (χ0) is 21.8. The van der Waals surface area contributed by atoms with E-state index < -0.39 is 23.7 Å². The summed E-state index contributed by atoms with van der Waals surface area (Å²) in [6.45, 7) is 0.504. The molecule has 1 atom stereocenters. The van der Waals surface area contributed by atoms with Crippen molar-refractivity contribution in [1.29, 1.82) is 0 Å². The molecule has 5 nitrogen and oxygen atoms in total. The average molecular weight is 428 g/mol. The van der Waals surface area contributed by atoms with Crippen LogP contribution in [0.1, 0.15) is 22.7 Å². The molecule has 0 aromatic heterocycles. The monoisotopic (exact) mass is 428 g/mol. The molecule has 31 heavy (non-hydrogen) atoms. The van der Waals surface area contributed by atoms with Crippen LogP contribution in [0, 0.1) is 0 Å². The minimum Gasteiger partial charge on any atom is -0.454 e. The highest BCUT2D eigenvalue weighted by Gasteiger charge is 2.31. The number of fused-ring (bicyclic) bond motifs is 1. The number of carbonyl (C=O) groups is 1. The molecule has 2 N–H and O–H groups in total. The predicted octanol–water partition coefficient (Wildman–Crippen LogP) is 4.90. The molecule has 0 spiro atoms. The molecule has 1 aliphatic rings. The van der Waals surface area contributed by atoms with Crippen molar-refractivity contribution < 1.29 is 27.4 Å². The first-order valence-corrected chi connectivity index (χ1v) is 9.55. The van der Waals surface area contributed by atoms with Gasteiger partial charge >= 0.3 is 6.18 Å². The summed E-state index contributed by atoms with van der Waals surface area (Å²) >= 11 is 0. The third kappa shape index (κ3) is 4.97. The maximum Gasteiger partial charge on any atom is 0.416 e. The summed E-state index contributed by atoms with van der Waals surface area (Å²) in [6, 6.07) is 18.2. The number of ether oxygens (including phenoxy) is 2. The first-order valence-electron chi connectivity index (χ1n) is 9.55. The Balaban J connectivity index is 1.52. The lowest BCUT2D eigenvalue weighted by Crippen LogP contribution is -2.32. The second-order valence-corrected chi connectivity index (χ2v) is 6.98. The van der Waals surface area contributed by atoms with E-state index in [2.05, 4.69) is 10.6 Å². The highest BCUT2D eigenvalue weighted by atomic mass is 19.4. The summed E-state index contributed by atoms with van der Waals surface area (Å²) in [7, 11) is 0. The lowest BCUT2D eigenvalue weighted by molar-refractivity contribution is -0.137. The van der Waals surface area contributed by atoms with Gasteiger partial charge in [-0.1, -0.05) is 42.5 Å². The van der Waals surface area contributed by atoms with E-state index in [0.717, 1.165) is 17.7 Å². The van der Waals surface area contributed by atoms with Crippen molar-refractivity contribution in [1.82, 2.24) is 5.32 Å². The van der Waals surface area contributed by atoms with Crippen molar-refractivity contribution in [2.45, 2.75) is 18.8 Å². The third-order valence-corrected chi connectivity index (χ3v) is 4.80. The molecule has 0 bridgehead atoms. The molecule has 4 rings (SSSR count). The Bertz CT molecular complexity index is 1070. The largest absolute Gasteiger partial charge is 0.454 e. The number of rotatable bonds is 6. The van der Waals surface area contributed by atoms with Gasteiger partial charge < -0.3 is 14.8 Å². The minimum atomic E-state index is -4.49. The smallest absolute Gasteiger partial charge is 0.416 e. The number of hydrogen-bond donors (Lipinski definition) is 2. The van der Waals surface area contributed by atoms with Gasteiger partial charge in [0.2, 0.25) is 12.7 Å². The van der Waals surface area contributed by atoms with Gasteiger partial charge in [0.25, 0.3) is 0 Å². The Morgan fingerprint density at radius 3 is 2.48 bits per heavy atom. The number of benzene rings is 3. The highest BCUT2D eigenvalue weighted by molar-refractivity contribution is 5.95. The Labute approximate surface area is 176 Å².